The molecule has 0 aliphatic heterocycles. The van der Waals surface area contributed by atoms with Gasteiger partial charge in [0.15, 0.2) is 0 Å². The lowest BCUT2D eigenvalue weighted by Gasteiger charge is -2.13. The maximum Gasteiger partial charge on any atom is 0.133 e. The number of nitrogens with zero attached hydrogens (tertiary/aromatic N) is 3. The molecule has 0 fully saturated rings. The summed E-state index contributed by atoms with van der Waals surface area (Å²) < 4.78 is 1.96. The minimum atomic E-state index is 0.448. The van der Waals surface area contributed by atoms with Gasteiger partial charge in [-0.25, -0.2) is 0 Å². The van der Waals surface area contributed by atoms with Crippen molar-refractivity contribution in [2.24, 2.45) is 7.05 Å². The highest BCUT2D eigenvalue weighted by Gasteiger charge is 2.21. The molecule has 3 N–H and O–H groups in total. The first-order valence-corrected chi connectivity index (χ1v) is 6.68. The van der Waals surface area contributed by atoms with Crippen LogP contribution in [0.1, 0.15) is 29.4 Å². The van der Waals surface area contributed by atoms with Crippen LogP contribution in [0.15, 0.2) is 24.5 Å². The zero-order chi connectivity index (χ0) is 13.2. The number of aromatic nitrogens is 3. The second-order valence-electron chi connectivity index (χ2n) is 5.11. The van der Waals surface area contributed by atoms with Crippen molar-refractivity contribution in [1.29, 1.82) is 0 Å². The van der Waals surface area contributed by atoms with Crippen molar-refractivity contribution < 1.29 is 0 Å². The maximum atomic E-state index is 5.82. The molecular weight excluding hydrogens is 238 g/mol. The van der Waals surface area contributed by atoms with Gasteiger partial charge in [0, 0.05) is 31.7 Å². The van der Waals surface area contributed by atoms with E-state index in [4.69, 9.17) is 5.73 Å². The molecule has 5 heteroatoms. The quantitative estimate of drug-likeness (QED) is 0.808. The molecule has 19 heavy (non-hydrogen) atoms. The standard InChI is InChI=1S/C14H19N5/c1-19-9-17-18-14(19)6-7-16-13-5-2-10-8-11(15)3-4-12(10)13/h3-4,8-9,13,16H,2,5-7,15H2,1H3. The Labute approximate surface area is 112 Å². The van der Waals surface area contributed by atoms with E-state index in [0.717, 1.165) is 37.3 Å². The van der Waals surface area contributed by atoms with Crippen LogP contribution < -0.4 is 11.1 Å². The van der Waals surface area contributed by atoms with Crippen LogP contribution in [0.5, 0.6) is 0 Å². The van der Waals surface area contributed by atoms with Crippen molar-refractivity contribution >= 4 is 5.69 Å². The number of aryl methyl sites for hydroxylation is 2. The van der Waals surface area contributed by atoms with Gasteiger partial charge in [-0.2, -0.15) is 0 Å². The second-order valence-corrected chi connectivity index (χ2v) is 5.11. The number of rotatable bonds is 4. The molecule has 0 spiro atoms. The number of nitrogens with two attached hydrogens (primary N) is 1. The van der Waals surface area contributed by atoms with Gasteiger partial charge in [-0.1, -0.05) is 6.07 Å². The third-order valence-electron chi connectivity index (χ3n) is 3.79. The lowest BCUT2D eigenvalue weighted by Crippen LogP contribution is -2.22. The molecule has 100 valence electrons. The molecule has 3 rings (SSSR count). The molecule has 0 saturated heterocycles. The Kier molecular flexibility index (Phi) is 3.21. The Hall–Kier alpha value is -1.88. The number of anilines is 1. The third kappa shape index (κ3) is 2.46. The van der Waals surface area contributed by atoms with E-state index in [9.17, 15) is 0 Å². The highest BCUT2D eigenvalue weighted by molar-refractivity contribution is 5.47. The summed E-state index contributed by atoms with van der Waals surface area (Å²) in [6.45, 7) is 0.918. The molecule has 1 unspecified atom stereocenters. The summed E-state index contributed by atoms with van der Waals surface area (Å²) in [5.74, 6) is 1.02. The minimum Gasteiger partial charge on any atom is -0.399 e. The van der Waals surface area contributed by atoms with E-state index < -0.39 is 0 Å². The summed E-state index contributed by atoms with van der Waals surface area (Å²) in [5.41, 5.74) is 9.46. The smallest absolute Gasteiger partial charge is 0.133 e. The summed E-state index contributed by atoms with van der Waals surface area (Å²) >= 11 is 0. The van der Waals surface area contributed by atoms with E-state index in [2.05, 4.69) is 27.6 Å². The molecule has 1 aromatic carbocycles. The van der Waals surface area contributed by atoms with Crippen LogP contribution in [0.25, 0.3) is 0 Å². The van der Waals surface area contributed by atoms with Crippen LogP contribution in [-0.2, 0) is 19.9 Å². The van der Waals surface area contributed by atoms with Crippen LogP contribution in [-0.4, -0.2) is 21.3 Å². The number of hydrogen-bond donors (Lipinski definition) is 2. The van der Waals surface area contributed by atoms with Crippen LogP contribution in [0.2, 0.25) is 0 Å². The summed E-state index contributed by atoms with van der Waals surface area (Å²) in [4.78, 5) is 0. The molecular formula is C14H19N5. The van der Waals surface area contributed by atoms with Crippen LogP contribution >= 0.6 is 0 Å². The number of benzene rings is 1. The maximum absolute atomic E-state index is 5.82. The molecule has 0 radical (unpaired) electrons. The van der Waals surface area contributed by atoms with E-state index in [1.54, 1.807) is 6.33 Å². The van der Waals surface area contributed by atoms with Gasteiger partial charge in [0.25, 0.3) is 0 Å². The molecule has 0 bridgehead atoms. The predicted octanol–water partition coefficient (Wildman–Crippen LogP) is 1.22. The molecule has 1 aromatic heterocycles. The second kappa shape index (κ2) is 5.01. The van der Waals surface area contributed by atoms with Crippen molar-refractivity contribution in [2.45, 2.75) is 25.3 Å². The monoisotopic (exact) mass is 257 g/mol. The zero-order valence-electron chi connectivity index (χ0n) is 11.1. The van der Waals surface area contributed by atoms with Gasteiger partial charge in [-0.15, -0.1) is 10.2 Å². The molecule has 1 heterocycles. The molecule has 0 amide bonds. The number of hydrogen-bond acceptors (Lipinski definition) is 4. The van der Waals surface area contributed by atoms with Crippen molar-refractivity contribution in [3.8, 4) is 0 Å². The zero-order valence-corrected chi connectivity index (χ0v) is 11.1. The van der Waals surface area contributed by atoms with E-state index in [-0.39, 0.29) is 0 Å². The van der Waals surface area contributed by atoms with Crippen LogP contribution in [0.3, 0.4) is 0 Å². The summed E-state index contributed by atoms with van der Waals surface area (Å²) in [6.07, 6.45) is 4.90. The van der Waals surface area contributed by atoms with Crippen molar-refractivity contribution in [3.63, 3.8) is 0 Å². The third-order valence-corrected chi connectivity index (χ3v) is 3.79. The number of nitrogens with one attached hydrogen (secondary N) is 1. The van der Waals surface area contributed by atoms with Gasteiger partial charge >= 0.3 is 0 Å². The first-order valence-electron chi connectivity index (χ1n) is 6.68. The molecule has 1 aliphatic rings. The number of nitrogen functional groups attached to an aromatic ring is 1. The first-order chi connectivity index (χ1) is 9.24. The lowest BCUT2D eigenvalue weighted by atomic mass is 10.1. The molecule has 1 atom stereocenters. The highest BCUT2D eigenvalue weighted by atomic mass is 15.2. The van der Waals surface area contributed by atoms with Crippen molar-refractivity contribution in [3.05, 3.63) is 41.5 Å². The van der Waals surface area contributed by atoms with E-state index in [1.807, 2.05) is 17.7 Å². The fourth-order valence-corrected chi connectivity index (χ4v) is 2.74. The normalized spacial score (nSPS) is 17.6. The van der Waals surface area contributed by atoms with Gasteiger partial charge in [-0.05, 0) is 36.1 Å². The average Bonchev–Trinajstić information content (AvgIpc) is 2.97. The number of fused-ring (bicyclic) bond motifs is 1. The summed E-state index contributed by atoms with van der Waals surface area (Å²) in [7, 11) is 1.98. The Morgan fingerprint density at radius 3 is 3.16 bits per heavy atom. The van der Waals surface area contributed by atoms with Crippen LogP contribution in [0, 0.1) is 0 Å². The van der Waals surface area contributed by atoms with E-state index >= 15 is 0 Å². The highest BCUT2D eigenvalue weighted by Crippen LogP contribution is 2.32. The molecule has 5 nitrogen and oxygen atoms in total. The predicted molar refractivity (Wildman–Crippen MR) is 74.6 cm³/mol. The topological polar surface area (TPSA) is 68.8 Å². The molecule has 2 aromatic rings. The molecule has 1 aliphatic carbocycles. The van der Waals surface area contributed by atoms with Gasteiger partial charge < -0.3 is 15.6 Å². The van der Waals surface area contributed by atoms with Gasteiger partial charge in [0.2, 0.25) is 0 Å². The van der Waals surface area contributed by atoms with Crippen molar-refractivity contribution in [1.82, 2.24) is 20.1 Å². The fraction of sp³-hybridized carbons (Fsp3) is 0.429. The van der Waals surface area contributed by atoms with Gasteiger partial charge in [0.1, 0.15) is 12.2 Å². The Morgan fingerprint density at radius 2 is 2.37 bits per heavy atom. The van der Waals surface area contributed by atoms with Gasteiger partial charge in [0.05, 0.1) is 0 Å². The SMILES string of the molecule is Cn1cnnc1CCNC1CCc2cc(N)ccc21. The summed E-state index contributed by atoms with van der Waals surface area (Å²) in [5, 5.41) is 11.6. The molecule has 0 saturated carbocycles. The largest absolute Gasteiger partial charge is 0.399 e. The average molecular weight is 257 g/mol. The van der Waals surface area contributed by atoms with Gasteiger partial charge in [-0.3, -0.25) is 0 Å². The van der Waals surface area contributed by atoms with E-state index in [1.165, 1.54) is 11.1 Å². The Bertz CT molecular complexity index is 575. The fourth-order valence-electron chi connectivity index (χ4n) is 2.74. The first kappa shape index (κ1) is 12.2. The lowest BCUT2D eigenvalue weighted by molar-refractivity contribution is 0.526. The Balaban J connectivity index is 1.60. The summed E-state index contributed by atoms with van der Waals surface area (Å²) in [6, 6.07) is 6.68. The Morgan fingerprint density at radius 1 is 1.47 bits per heavy atom. The van der Waals surface area contributed by atoms with E-state index in [0.29, 0.717) is 6.04 Å². The van der Waals surface area contributed by atoms with Crippen LogP contribution in [0.4, 0.5) is 5.69 Å². The minimum absolute atomic E-state index is 0.448. The van der Waals surface area contributed by atoms with Crippen molar-refractivity contribution in [2.75, 3.05) is 12.3 Å².